The van der Waals surface area contributed by atoms with E-state index >= 15 is 0 Å². The lowest BCUT2D eigenvalue weighted by molar-refractivity contribution is -0.145. The number of nitrogens with one attached hydrogen (secondary N) is 1. The van der Waals surface area contributed by atoms with Gasteiger partial charge < -0.3 is 15.3 Å². The first-order valence-corrected chi connectivity index (χ1v) is 7.92. The van der Waals surface area contributed by atoms with Crippen LogP contribution in [0.5, 0.6) is 0 Å². The molecule has 6 nitrogen and oxygen atoms in total. The minimum Gasteiger partial charge on any atom is -0.481 e. The SMILES string of the molecule is Cc1ccc(CN/C=C(/C#N)C(=O)N2CCC(C(=O)O)CC2)cc1. The molecule has 1 aromatic carbocycles. The van der Waals surface area contributed by atoms with Gasteiger partial charge in [-0.3, -0.25) is 9.59 Å². The molecule has 2 rings (SSSR count). The van der Waals surface area contributed by atoms with Crippen molar-refractivity contribution >= 4 is 11.9 Å². The summed E-state index contributed by atoms with van der Waals surface area (Å²) in [4.78, 5) is 24.8. The second-order valence-electron chi connectivity index (χ2n) is 5.94. The molecule has 0 saturated carbocycles. The number of hydrogen-bond acceptors (Lipinski definition) is 4. The van der Waals surface area contributed by atoms with E-state index in [-0.39, 0.29) is 11.5 Å². The average Bonchev–Trinajstić information content (AvgIpc) is 2.60. The number of carboxylic acids is 1. The van der Waals surface area contributed by atoms with Gasteiger partial charge in [0.1, 0.15) is 11.6 Å². The quantitative estimate of drug-likeness (QED) is 0.635. The van der Waals surface area contributed by atoms with E-state index < -0.39 is 11.9 Å². The molecule has 1 aromatic rings. The molecule has 1 amide bonds. The molecule has 1 aliphatic heterocycles. The van der Waals surface area contributed by atoms with Gasteiger partial charge >= 0.3 is 5.97 Å². The number of hydrogen-bond donors (Lipinski definition) is 2. The van der Waals surface area contributed by atoms with Crippen molar-refractivity contribution in [2.75, 3.05) is 13.1 Å². The third kappa shape index (κ3) is 4.59. The summed E-state index contributed by atoms with van der Waals surface area (Å²) < 4.78 is 0. The molecule has 0 atom stereocenters. The minimum atomic E-state index is -0.821. The summed E-state index contributed by atoms with van der Waals surface area (Å²) in [6.45, 7) is 3.27. The Bertz CT molecular complexity index is 666. The largest absolute Gasteiger partial charge is 0.481 e. The molecule has 1 heterocycles. The lowest BCUT2D eigenvalue weighted by Crippen LogP contribution is -2.41. The second-order valence-corrected chi connectivity index (χ2v) is 5.94. The van der Waals surface area contributed by atoms with Gasteiger partial charge in [-0.15, -0.1) is 0 Å². The second kappa shape index (κ2) is 8.16. The van der Waals surface area contributed by atoms with Crippen molar-refractivity contribution in [2.45, 2.75) is 26.3 Å². The number of amides is 1. The monoisotopic (exact) mass is 327 g/mol. The predicted molar refractivity (Wildman–Crippen MR) is 88.7 cm³/mol. The fourth-order valence-electron chi connectivity index (χ4n) is 2.62. The third-order valence-electron chi connectivity index (χ3n) is 4.16. The summed E-state index contributed by atoms with van der Waals surface area (Å²) in [5.41, 5.74) is 2.27. The highest BCUT2D eigenvalue weighted by Gasteiger charge is 2.28. The van der Waals surface area contributed by atoms with Crippen LogP contribution in [-0.2, 0) is 16.1 Å². The van der Waals surface area contributed by atoms with Crippen LogP contribution in [0, 0.1) is 24.2 Å². The highest BCUT2D eigenvalue weighted by molar-refractivity contribution is 5.97. The molecule has 0 aromatic heterocycles. The van der Waals surface area contributed by atoms with E-state index in [1.54, 1.807) is 4.90 Å². The van der Waals surface area contributed by atoms with E-state index in [2.05, 4.69) is 5.32 Å². The van der Waals surface area contributed by atoms with Crippen LogP contribution in [0.15, 0.2) is 36.0 Å². The van der Waals surface area contributed by atoms with Gasteiger partial charge in [0.15, 0.2) is 0 Å². The van der Waals surface area contributed by atoms with E-state index in [0.717, 1.165) is 5.56 Å². The Morgan fingerprint density at radius 2 is 1.96 bits per heavy atom. The van der Waals surface area contributed by atoms with Crippen LogP contribution in [0.3, 0.4) is 0 Å². The van der Waals surface area contributed by atoms with Crippen molar-refractivity contribution in [2.24, 2.45) is 5.92 Å². The number of aryl methyl sites for hydroxylation is 1. The third-order valence-corrected chi connectivity index (χ3v) is 4.16. The maximum absolute atomic E-state index is 12.3. The number of piperidine rings is 1. The van der Waals surface area contributed by atoms with Crippen molar-refractivity contribution < 1.29 is 14.7 Å². The zero-order valence-electron chi connectivity index (χ0n) is 13.7. The number of benzene rings is 1. The number of aliphatic carboxylic acids is 1. The van der Waals surface area contributed by atoms with E-state index in [1.165, 1.54) is 11.8 Å². The Kier molecular flexibility index (Phi) is 5.96. The molecule has 1 fully saturated rings. The van der Waals surface area contributed by atoms with Gasteiger partial charge in [0.05, 0.1) is 5.92 Å². The number of carbonyl (C=O) groups is 2. The smallest absolute Gasteiger partial charge is 0.306 e. The molecule has 0 aliphatic carbocycles. The van der Waals surface area contributed by atoms with Gasteiger partial charge in [-0.1, -0.05) is 29.8 Å². The van der Waals surface area contributed by atoms with Gasteiger partial charge in [0.2, 0.25) is 0 Å². The highest BCUT2D eigenvalue weighted by atomic mass is 16.4. The Morgan fingerprint density at radius 1 is 1.33 bits per heavy atom. The number of carbonyl (C=O) groups excluding carboxylic acids is 1. The number of rotatable bonds is 5. The average molecular weight is 327 g/mol. The Morgan fingerprint density at radius 3 is 2.50 bits per heavy atom. The number of carboxylic acid groups (broad SMARTS) is 1. The molecule has 0 bridgehead atoms. The first kappa shape index (κ1) is 17.5. The Balaban J connectivity index is 1.90. The standard InChI is InChI=1S/C18H21N3O3/c1-13-2-4-14(5-3-13)11-20-12-16(10-19)17(22)21-8-6-15(7-9-21)18(23)24/h2-5,12,15,20H,6-9,11H2,1H3,(H,23,24)/b16-12-. The van der Waals surface area contributed by atoms with Crippen molar-refractivity contribution in [3.05, 3.63) is 47.2 Å². The van der Waals surface area contributed by atoms with Gasteiger partial charge in [-0.05, 0) is 25.3 Å². The van der Waals surface area contributed by atoms with Gasteiger partial charge in [-0.2, -0.15) is 5.26 Å². The van der Waals surface area contributed by atoms with Gasteiger partial charge in [0, 0.05) is 25.8 Å². The molecule has 24 heavy (non-hydrogen) atoms. The highest BCUT2D eigenvalue weighted by Crippen LogP contribution is 2.18. The lowest BCUT2D eigenvalue weighted by Gasteiger charge is -2.29. The van der Waals surface area contributed by atoms with Crippen LogP contribution in [0.2, 0.25) is 0 Å². The molecule has 0 spiro atoms. The molecule has 0 unspecified atom stereocenters. The maximum Gasteiger partial charge on any atom is 0.306 e. The predicted octanol–water partition coefficient (Wildman–Crippen LogP) is 1.82. The summed E-state index contributed by atoms with van der Waals surface area (Å²) >= 11 is 0. The molecule has 1 aliphatic rings. The van der Waals surface area contributed by atoms with Crippen LogP contribution < -0.4 is 5.32 Å². The molecular formula is C18H21N3O3. The van der Waals surface area contributed by atoms with Crippen molar-refractivity contribution in [3.8, 4) is 6.07 Å². The van der Waals surface area contributed by atoms with E-state index in [9.17, 15) is 14.9 Å². The summed E-state index contributed by atoms with van der Waals surface area (Å²) in [5.74, 6) is -1.57. The number of likely N-dealkylation sites (tertiary alicyclic amines) is 1. The molecule has 126 valence electrons. The lowest BCUT2D eigenvalue weighted by atomic mass is 9.97. The van der Waals surface area contributed by atoms with Crippen LogP contribution >= 0.6 is 0 Å². The summed E-state index contributed by atoms with van der Waals surface area (Å²) in [5, 5.41) is 21.2. The molecule has 6 heteroatoms. The fraction of sp³-hybridized carbons (Fsp3) is 0.389. The van der Waals surface area contributed by atoms with Crippen LogP contribution in [-0.4, -0.2) is 35.0 Å². The Hall–Kier alpha value is -2.81. The Labute approximate surface area is 141 Å². The summed E-state index contributed by atoms with van der Waals surface area (Å²) in [6.07, 6.45) is 2.29. The zero-order chi connectivity index (χ0) is 17.5. The van der Waals surface area contributed by atoms with E-state index in [1.807, 2.05) is 37.3 Å². The van der Waals surface area contributed by atoms with Gasteiger partial charge in [0.25, 0.3) is 5.91 Å². The fourth-order valence-corrected chi connectivity index (χ4v) is 2.62. The van der Waals surface area contributed by atoms with Crippen LogP contribution in [0.1, 0.15) is 24.0 Å². The topological polar surface area (TPSA) is 93.4 Å². The summed E-state index contributed by atoms with van der Waals surface area (Å²) in [6, 6.07) is 9.90. The normalized spacial score (nSPS) is 15.7. The van der Waals surface area contributed by atoms with Crippen LogP contribution in [0.4, 0.5) is 0 Å². The molecular weight excluding hydrogens is 306 g/mol. The zero-order valence-corrected chi connectivity index (χ0v) is 13.7. The first-order chi connectivity index (χ1) is 11.5. The first-order valence-electron chi connectivity index (χ1n) is 7.92. The summed E-state index contributed by atoms with van der Waals surface area (Å²) in [7, 11) is 0. The molecule has 0 radical (unpaired) electrons. The molecule has 2 N–H and O–H groups in total. The maximum atomic E-state index is 12.3. The number of nitrogens with zero attached hydrogens (tertiary/aromatic N) is 2. The van der Waals surface area contributed by atoms with Crippen molar-refractivity contribution in [1.82, 2.24) is 10.2 Å². The molecule has 1 saturated heterocycles. The van der Waals surface area contributed by atoms with E-state index in [0.29, 0.717) is 32.5 Å². The minimum absolute atomic E-state index is 0.0379. The number of nitriles is 1. The van der Waals surface area contributed by atoms with Crippen molar-refractivity contribution in [3.63, 3.8) is 0 Å². The van der Waals surface area contributed by atoms with Gasteiger partial charge in [-0.25, -0.2) is 0 Å². The van der Waals surface area contributed by atoms with Crippen molar-refractivity contribution in [1.29, 1.82) is 5.26 Å². The van der Waals surface area contributed by atoms with Crippen LogP contribution in [0.25, 0.3) is 0 Å². The van der Waals surface area contributed by atoms with E-state index in [4.69, 9.17) is 5.11 Å².